The fourth-order valence-electron chi connectivity index (χ4n) is 1.32. The van der Waals surface area contributed by atoms with Crippen LogP contribution >= 0.6 is 0 Å². The molecule has 1 heterocycles. The molecular formula is C9H13N3. The van der Waals surface area contributed by atoms with E-state index in [2.05, 4.69) is 18.0 Å². The number of aromatic amines is 1. The van der Waals surface area contributed by atoms with Crippen LogP contribution in [-0.4, -0.2) is 4.98 Å². The van der Waals surface area contributed by atoms with Crippen molar-refractivity contribution in [2.45, 2.75) is 26.7 Å². The number of H-pyrrole nitrogens is 1. The Morgan fingerprint density at radius 2 is 2.25 bits per heavy atom. The van der Waals surface area contributed by atoms with Crippen molar-refractivity contribution in [1.82, 2.24) is 4.98 Å². The number of rotatable bonds is 2. The summed E-state index contributed by atoms with van der Waals surface area (Å²) in [6, 6.07) is 2.09. The Hall–Kier alpha value is -1.43. The molecule has 3 nitrogen and oxygen atoms in total. The van der Waals surface area contributed by atoms with E-state index in [1.165, 1.54) is 0 Å². The molecule has 0 radical (unpaired) electrons. The first-order chi connectivity index (χ1) is 5.70. The number of nitrogens with zero attached hydrogens (tertiary/aromatic N) is 1. The van der Waals surface area contributed by atoms with Crippen molar-refractivity contribution in [3.05, 3.63) is 16.8 Å². The van der Waals surface area contributed by atoms with Gasteiger partial charge in [-0.15, -0.1) is 0 Å². The van der Waals surface area contributed by atoms with Crippen molar-refractivity contribution < 1.29 is 0 Å². The van der Waals surface area contributed by atoms with E-state index in [1.807, 2.05) is 6.92 Å². The van der Waals surface area contributed by atoms with Gasteiger partial charge in [0, 0.05) is 5.69 Å². The molecule has 0 spiro atoms. The van der Waals surface area contributed by atoms with Crippen LogP contribution in [0.4, 0.5) is 5.82 Å². The van der Waals surface area contributed by atoms with Gasteiger partial charge in [0.2, 0.25) is 0 Å². The first kappa shape index (κ1) is 8.66. The average Bonchev–Trinajstić information content (AvgIpc) is 2.29. The van der Waals surface area contributed by atoms with Crippen LogP contribution in [0.25, 0.3) is 0 Å². The molecule has 0 unspecified atom stereocenters. The van der Waals surface area contributed by atoms with E-state index < -0.39 is 0 Å². The van der Waals surface area contributed by atoms with Crippen LogP contribution in [0.15, 0.2) is 0 Å². The van der Waals surface area contributed by atoms with Crippen molar-refractivity contribution in [3.8, 4) is 6.07 Å². The normalized spacial score (nSPS) is 9.75. The maximum absolute atomic E-state index is 8.73. The lowest BCUT2D eigenvalue weighted by Gasteiger charge is -1.94. The number of aryl methyl sites for hydroxylation is 1. The van der Waals surface area contributed by atoms with Crippen LogP contribution in [0.1, 0.15) is 30.2 Å². The lowest BCUT2D eigenvalue weighted by molar-refractivity contribution is 0.885. The summed E-state index contributed by atoms with van der Waals surface area (Å²) in [6.45, 7) is 4.03. The minimum Gasteiger partial charge on any atom is -0.384 e. The molecule has 1 aromatic rings. The Balaban J connectivity index is 3.10. The van der Waals surface area contributed by atoms with Gasteiger partial charge in [0.1, 0.15) is 11.9 Å². The van der Waals surface area contributed by atoms with Crippen LogP contribution in [0.3, 0.4) is 0 Å². The van der Waals surface area contributed by atoms with Gasteiger partial charge in [-0.3, -0.25) is 0 Å². The standard InChI is InChI=1S/C9H13N3/c1-3-4-8-6(2)7(5-10)9(11)12-8/h12H,3-4,11H2,1-2H3. The van der Waals surface area contributed by atoms with Gasteiger partial charge < -0.3 is 10.7 Å². The van der Waals surface area contributed by atoms with Crippen LogP contribution < -0.4 is 5.73 Å². The lowest BCUT2D eigenvalue weighted by Crippen LogP contribution is -1.87. The number of aromatic nitrogens is 1. The molecule has 0 bridgehead atoms. The van der Waals surface area contributed by atoms with Crippen LogP contribution in [0.2, 0.25) is 0 Å². The van der Waals surface area contributed by atoms with Crippen molar-refractivity contribution in [2.75, 3.05) is 5.73 Å². The molecule has 0 aliphatic rings. The molecule has 0 amide bonds. The number of hydrogen-bond acceptors (Lipinski definition) is 2. The van der Waals surface area contributed by atoms with Crippen LogP contribution in [0, 0.1) is 18.3 Å². The molecule has 1 aromatic heterocycles. The molecular weight excluding hydrogens is 150 g/mol. The second-order valence-corrected chi connectivity index (χ2v) is 2.88. The minimum atomic E-state index is 0.499. The van der Waals surface area contributed by atoms with E-state index in [0.29, 0.717) is 11.4 Å². The fourth-order valence-corrected chi connectivity index (χ4v) is 1.32. The maximum Gasteiger partial charge on any atom is 0.119 e. The number of anilines is 1. The molecule has 64 valence electrons. The third-order valence-corrected chi connectivity index (χ3v) is 1.99. The molecule has 0 aromatic carbocycles. The number of nitriles is 1. The van der Waals surface area contributed by atoms with Crippen molar-refractivity contribution in [1.29, 1.82) is 5.26 Å². The quantitative estimate of drug-likeness (QED) is 0.697. The van der Waals surface area contributed by atoms with Gasteiger partial charge >= 0.3 is 0 Å². The number of nitrogen functional groups attached to an aromatic ring is 1. The molecule has 0 atom stereocenters. The Kier molecular flexibility index (Phi) is 2.39. The largest absolute Gasteiger partial charge is 0.384 e. The van der Waals surface area contributed by atoms with E-state index in [0.717, 1.165) is 24.1 Å². The maximum atomic E-state index is 8.73. The zero-order valence-corrected chi connectivity index (χ0v) is 7.44. The van der Waals surface area contributed by atoms with Gasteiger partial charge in [-0.05, 0) is 18.9 Å². The van der Waals surface area contributed by atoms with Crippen LogP contribution in [-0.2, 0) is 6.42 Å². The summed E-state index contributed by atoms with van der Waals surface area (Å²) in [5.41, 5.74) is 8.29. The topological polar surface area (TPSA) is 65.6 Å². The molecule has 0 aliphatic heterocycles. The van der Waals surface area contributed by atoms with Gasteiger partial charge in [-0.1, -0.05) is 13.3 Å². The second kappa shape index (κ2) is 3.31. The number of nitrogens with two attached hydrogens (primary N) is 1. The Morgan fingerprint density at radius 1 is 1.58 bits per heavy atom. The Labute approximate surface area is 72.2 Å². The molecule has 3 N–H and O–H groups in total. The Morgan fingerprint density at radius 3 is 2.67 bits per heavy atom. The predicted molar refractivity (Wildman–Crippen MR) is 48.7 cm³/mol. The number of nitrogens with one attached hydrogen (secondary N) is 1. The first-order valence-corrected chi connectivity index (χ1v) is 4.07. The monoisotopic (exact) mass is 163 g/mol. The summed E-state index contributed by atoms with van der Waals surface area (Å²) in [5.74, 6) is 0.499. The number of hydrogen-bond donors (Lipinski definition) is 2. The zero-order valence-electron chi connectivity index (χ0n) is 7.44. The van der Waals surface area contributed by atoms with Gasteiger partial charge in [0.25, 0.3) is 0 Å². The van der Waals surface area contributed by atoms with Gasteiger partial charge in [-0.25, -0.2) is 0 Å². The van der Waals surface area contributed by atoms with E-state index in [-0.39, 0.29) is 0 Å². The predicted octanol–water partition coefficient (Wildman–Crippen LogP) is 1.73. The minimum absolute atomic E-state index is 0.499. The highest BCUT2D eigenvalue weighted by Gasteiger charge is 2.09. The molecule has 0 saturated carbocycles. The van der Waals surface area contributed by atoms with Crippen molar-refractivity contribution in [2.24, 2.45) is 0 Å². The summed E-state index contributed by atoms with van der Waals surface area (Å²) in [5, 5.41) is 8.73. The third kappa shape index (κ3) is 1.28. The van der Waals surface area contributed by atoms with Gasteiger partial charge in [-0.2, -0.15) is 5.26 Å². The highest BCUT2D eigenvalue weighted by atomic mass is 14.9. The molecule has 0 saturated heterocycles. The van der Waals surface area contributed by atoms with E-state index >= 15 is 0 Å². The SMILES string of the molecule is CCCc1[nH]c(N)c(C#N)c1C. The van der Waals surface area contributed by atoms with E-state index in [9.17, 15) is 0 Å². The van der Waals surface area contributed by atoms with Gasteiger partial charge in [0.15, 0.2) is 0 Å². The van der Waals surface area contributed by atoms with Gasteiger partial charge in [0.05, 0.1) is 5.56 Å². The summed E-state index contributed by atoms with van der Waals surface area (Å²) in [6.07, 6.45) is 2.02. The van der Waals surface area contributed by atoms with E-state index in [4.69, 9.17) is 11.0 Å². The molecule has 12 heavy (non-hydrogen) atoms. The second-order valence-electron chi connectivity index (χ2n) is 2.88. The third-order valence-electron chi connectivity index (χ3n) is 1.99. The molecule has 0 fully saturated rings. The smallest absolute Gasteiger partial charge is 0.119 e. The van der Waals surface area contributed by atoms with Crippen molar-refractivity contribution >= 4 is 5.82 Å². The zero-order chi connectivity index (χ0) is 9.14. The lowest BCUT2D eigenvalue weighted by atomic mass is 10.1. The molecule has 0 aliphatic carbocycles. The summed E-state index contributed by atoms with van der Waals surface area (Å²) in [4.78, 5) is 3.02. The Bertz CT molecular complexity index is 317. The first-order valence-electron chi connectivity index (χ1n) is 4.07. The highest BCUT2D eigenvalue weighted by molar-refractivity contribution is 5.56. The van der Waals surface area contributed by atoms with E-state index in [1.54, 1.807) is 0 Å². The summed E-state index contributed by atoms with van der Waals surface area (Å²) < 4.78 is 0. The summed E-state index contributed by atoms with van der Waals surface area (Å²) in [7, 11) is 0. The molecule has 3 heteroatoms. The molecule has 1 rings (SSSR count). The average molecular weight is 163 g/mol. The van der Waals surface area contributed by atoms with Crippen LogP contribution in [0.5, 0.6) is 0 Å². The van der Waals surface area contributed by atoms with Crippen molar-refractivity contribution in [3.63, 3.8) is 0 Å². The highest BCUT2D eigenvalue weighted by Crippen LogP contribution is 2.19. The fraction of sp³-hybridized carbons (Fsp3) is 0.444. The summed E-state index contributed by atoms with van der Waals surface area (Å²) >= 11 is 0.